The molecule has 0 saturated heterocycles. The fourth-order valence-electron chi connectivity index (χ4n) is 1.48. The van der Waals surface area contributed by atoms with E-state index in [9.17, 15) is 14.9 Å². The van der Waals surface area contributed by atoms with Crippen LogP contribution < -0.4 is 4.74 Å². The van der Waals surface area contributed by atoms with Crippen LogP contribution in [0.1, 0.15) is 19.4 Å². The molecule has 1 aromatic rings. The molecule has 6 nitrogen and oxygen atoms in total. The quantitative estimate of drug-likeness (QED) is 0.347. The van der Waals surface area contributed by atoms with Crippen LogP contribution in [0.4, 0.5) is 5.69 Å². The molecule has 0 aromatic heterocycles. The normalized spacial score (nSPS) is 10.5. The van der Waals surface area contributed by atoms with E-state index in [-0.39, 0.29) is 5.69 Å². The summed E-state index contributed by atoms with van der Waals surface area (Å²) in [5.41, 5.74) is -0.781. The van der Waals surface area contributed by atoms with Crippen LogP contribution in [0.3, 0.4) is 0 Å². The van der Waals surface area contributed by atoms with Crippen LogP contribution in [0.25, 0.3) is 0 Å². The smallest absolute Gasteiger partial charge is 0.278 e. The summed E-state index contributed by atoms with van der Waals surface area (Å²) in [4.78, 5) is 24.3. The zero-order valence-electron chi connectivity index (χ0n) is 9.76. The Labute approximate surface area is 98.1 Å². The summed E-state index contributed by atoms with van der Waals surface area (Å²) >= 11 is 0. The molecule has 0 saturated carbocycles. The lowest BCUT2D eigenvalue weighted by Crippen LogP contribution is -2.15. The van der Waals surface area contributed by atoms with Crippen molar-refractivity contribution in [3.05, 3.63) is 33.9 Å². The van der Waals surface area contributed by atoms with Gasteiger partial charge < -0.3 is 4.74 Å². The van der Waals surface area contributed by atoms with Gasteiger partial charge in [-0.3, -0.25) is 10.1 Å². The lowest BCUT2D eigenvalue weighted by molar-refractivity contribution is -0.386. The second-order valence-electron chi connectivity index (χ2n) is 3.90. The minimum absolute atomic E-state index is 0.131. The third kappa shape index (κ3) is 2.68. The molecule has 0 aliphatic heterocycles. The summed E-state index contributed by atoms with van der Waals surface area (Å²) in [6.45, 7) is 3.21. The van der Waals surface area contributed by atoms with Crippen LogP contribution in [0, 0.1) is 10.1 Å². The van der Waals surface area contributed by atoms with Crippen molar-refractivity contribution in [2.75, 3.05) is 7.11 Å². The Morgan fingerprint density at radius 1 is 1.47 bits per heavy atom. The summed E-state index contributed by atoms with van der Waals surface area (Å²) in [5.74, 6) is 0.381. The van der Waals surface area contributed by atoms with Crippen molar-refractivity contribution in [3.8, 4) is 5.75 Å². The molecule has 0 spiro atoms. The molecule has 1 aromatic carbocycles. The lowest BCUT2D eigenvalue weighted by atomic mass is 9.93. The summed E-state index contributed by atoms with van der Waals surface area (Å²) in [6.07, 6.45) is 1.42. The molecule has 17 heavy (non-hydrogen) atoms. The topological polar surface area (TPSA) is 81.8 Å². The molecule has 0 aliphatic carbocycles. The molecule has 0 aliphatic rings. The van der Waals surface area contributed by atoms with Crippen LogP contribution in [0.5, 0.6) is 5.75 Å². The Hall–Kier alpha value is -2.20. The maximum Gasteiger partial charge on any atom is 0.278 e. The fraction of sp³-hybridized carbons (Fsp3) is 0.364. The molecule has 0 atom stereocenters. The Bertz CT molecular complexity index is 490. The molecule has 0 radical (unpaired) electrons. The Morgan fingerprint density at radius 2 is 2.12 bits per heavy atom. The zero-order chi connectivity index (χ0) is 13.1. The van der Waals surface area contributed by atoms with Gasteiger partial charge in [-0.2, -0.15) is 4.99 Å². The number of methoxy groups -OCH3 is 1. The zero-order valence-corrected chi connectivity index (χ0v) is 9.76. The number of hydrogen-bond acceptors (Lipinski definition) is 5. The number of hydrogen-bond donors (Lipinski definition) is 0. The first kappa shape index (κ1) is 12.9. The van der Waals surface area contributed by atoms with E-state index in [0.29, 0.717) is 11.3 Å². The SMILES string of the molecule is COc1ccc(C(C)(C)N=C=O)c([N+](=O)[O-])c1. The number of benzene rings is 1. The van der Waals surface area contributed by atoms with Gasteiger partial charge in [0.05, 0.1) is 29.2 Å². The third-order valence-corrected chi connectivity index (χ3v) is 2.39. The molecular formula is C11H12N2O4. The Kier molecular flexibility index (Phi) is 3.60. The van der Waals surface area contributed by atoms with Gasteiger partial charge in [0.1, 0.15) is 5.75 Å². The maximum atomic E-state index is 11.0. The molecule has 1 rings (SSSR count). The second kappa shape index (κ2) is 4.76. The van der Waals surface area contributed by atoms with E-state index < -0.39 is 10.5 Å². The number of isocyanates is 1. The van der Waals surface area contributed by atoms with E-state index >= 15 is 0 Å². The highest BCUT2D eigenvalue weighted by atomic mass is 16.6. The number of nitro benzene ring substituents is 1. The highest BCUT2D eigenvalue weighted by Gasteiger charge is 2.29. The predicted octanol–water partition coefficient (Wildman–Crippen LogP) is 2.17. The van der Waals surface area contributed by atoms with Gasteiger partial charge in [0.2, 0.25) is 6.08 Å². The van der Waals surface area contributed by atoms with Crippen molar-refractivity contribution in [2.45, 2.75) is 19.4 Å². The van der Waals surface area contributed by atoms with Gasteiger partial charge in [0.25, 0.3) is 5.69 Å². The van der Waals surface area contributed by atoms with E-state index in [1.54, 1.807) is 19.9 Å². The summed E-state index contributed by atoms with van der Waals surface area (Å²) in [6, 6.07) is 4.42. The van der Waals surface area contributed by atoms with Gasteiger partial charge in [-0.05, 0) is 26.0 Å². The number of nitrogens with zero attached hydrogens (tertiary/aromatic N) is 2. The van der Waals surface area contributed by atoms with Crippen LogP contribution in [-0.2, 0) is 10.3 Å². The average molecular weight is 236 g/mol. The minimum Gasteiger partial charge on any atom is -0.497 e. The van der Waals surface area contributed by atoms with Crippen molar-refractivity contribution in [1.29, 1.82) is 0 Å². The molecule has 90 valence electrons. The summed E-state index contributed by atoms with van der Waals surface area (Å²) < 4.78 is 4.92. The van der Waals surface area contributed by atoms with Crippen molar-refractivity contribution in [2.24, 2.45) is 4.99 Å². The van der Waals surface area contributed by atoms with Gasteiger partial charge in [0, 0.05) is 0 Å². The van der Waals surface area contributed by atoms with Crippen molar-refractivity contribution >= 4 is 11.8 Å². The Morgan fingerprint density at radius 3 is 2.59 bits per heavy atom. The van der Waals surface area contributed by atoms with Crippen LogP contribution >= 0.6 is 0 Å². The summed E-state index contributed by atoms with van der Waals surface area (Å²) in [7, 11) is 1.42. The van der Waals surface area contributed by atoms with E-state index in [2.05, 4.69) is 4.99 Å². The van der Waals surface area contributed by atoms with E-state index in [0.717, 1.165) is 0 Å². The highest BCUT2D eigenvalue weighted by molar-refractivity contribution is 5.50. The van der Waals surface area contributed by atoms with Gasteiger partial charge >= 0.3 is 0 Å². The molecule has 0 bridgehead atoms. The second-order valence-corrected chi connectivity index (χ2v) is 3.90. The number of ether oxygens (including phenoxy) is 1. The van der Waals surface area contributed by atoms with Crippen LogP contribution in [-0.4, -0.2) is 18.1 Å². The average Bonchev–Trinajstić information content (AvgIpc) is 2.28. The molecule has 6 heteroatoms. The standard InChI is InChI=1S/C11H12N2O4/c1-11(2,12-7-14)9-5-4-8(17-3)6-10(9)13(15)16/h4-6H,1-3H3. The van der Waals surface area contributed by atoms with Crippen molar-refractivity contribution in [3.63, 3.8) is 0 Å². The first-order chi connectivity index (χ1) is 7.92. The molecule has 0 amide bonds. The molecule has 0 heterocycles. The minimum atomic E-state index is -0.990. The molecular weight excluding hydrogens is 224 g/mol. The van der Waals surface area contributed by atoms with E-state index in [1.807, 2.05) is 0 Å². The van der Waals surface area contributed by atoms with Crippen LogP contribution in [0.15, 0.2) is 23.2 Å². The highest BCUT2D eigenvalue weighted by Crippen LogP contribution is 2.34. The van der Waals surface area contributed by atoms with E-state index in [4.69, 9.17) is 4.74 Å². The summed E-state index contributed by atoms with van der Waals surface area (Å²) in [5, 5.41) is 11.0. The molecule has 0 unspecified atom stereocenters. The van der Waals surface area contributed by atoms with Crippen molar-refractivity contribution in [1.82, 2.24) is 0 Å². The first-order valence-corrected chi connectivity index (χ1v) is 4.84. The third-order valence-electron chi connectivity index (χ3n) is 2.39. The largest absolute Gasteiger partial charge is 0.497 e. The number of rotatable bonds is 4. The monoisotopic (exact) mass is 236 g/mol. The van der Waals surface area contributed by atoms with Gasteiger partial charge in [-0.1, -0.05) is 0 Å². The van der Waals surface area contributed by atoms with Gasteiger partial charge in [0.15, 0.2) is 0 Å². The maximum absolute atomic E-state index is 11.0. The molecule has 0 fully saturated rings. The van der Waals surface area contributed by atoms with Crippen LogP contribution in [0.2, 0.25) is 0 Å². The number of aliphatic imine (C=N–C) groups is 1. The van der Waals surface area contributed by atoms with Gasteiger partial charge in [-0.15, -0.1) is 0 Å². The first-order valence-electron chi connectivity index (χ1n) is 4.84. The van der Waals surface area contributed by atoms with Gasteiger partial charge in [-0.25, -0.2) is 4.79 Å². The van der Waals surface area contributed by atoms with Crippen molar-refractivity contribution < 1.29 is 14.5 Å². The lowest BCUT2D eigenvalue weighted by Gasteiger charge is -2.18. The molecule has 0 N–H and O–H groups in total. The Balaban J connectivity index is 3.43. The van der Waals surface area contributed by atoms with E-state index in [1.165, 1.54) is 25.3 Å². The number of carbonyl (C=O) groups excluding carboxylic acids is 1. The fourth-order valence-corrected chi connectivity index (χ4v) is 1.48. The number of nitro groups is 1. The predicted molar refractivity (Wildman–Crippen MR) is 60.8 cm³/mol.